The number of benzene rings is 2. The number of aromatic hydroxyl groups is 3. The van der Waals surface area contributed by atoms with E-state index < -0.39 is 5.75 Å². The fourth-order valence-electron chi connectivity index (χ4n) is 1.42. The molecule has 0 saturated carbocycles. The summed E-state index contributed by atoms with van der Waals surface area (Å²) in [7, 11) is 0. The zero-order chi connectivity index (χ0) is 14.4. The lowest BCUT2D eigenvalue weighted by Gasteiger charge is -2.07. The van der Waals surface area contributed by atoms with Gasteiger partial charge in [-0.15, -0.1) is 0 Å². The van der Waals surface area contributed by atoms with Crippen LogP contribution in [0.5, 0.6) is 17.2 Å². The van der Waals surface area contributed by atoms with Gasteiger partial charge in [0.1, 0.15) is 0 Å². The highest BCUT2D eigenvalue weighted by Gasteiger charge is 2.11. The third kappa shape index (κ3) is 4.21. The summed E-state index contributed by atoms with van der Waals surface area (Å²) in [5.41, 5.74) is 1.27. The maximum Gasteiger partial charge on any atom is 0.200 e. The van der Waals surface area contributed by atoms with E-state index in [2.05, 4.69) is 20.8 Å². The Balaban J connectivity index is 0.000000399. The van der Waals surface area contributed by atoms with Crippen molar-refractivity contribution in [3.05, 3.63) is 42.5 Å². The van der Waals surface area contributed by atoms with E-state index in [0.717, 1.165) is 11.5 Å². The molecule has 0 radical (unpaired) electrons. The second-order valence-electron chi connectivity index (χ2n) is 4.93. The van der Waals surface area contributed by atoms with Gasteiger partial charge in [-0.25, -0.2) is 0 Å². The summed E-state index contributed by atoms with van der Waals surface area (Å²) in [6, 6.07) is 12.0. The molecule has 0 aliphatic carbocycles. The van der Waals surface area contributed by atoms with E-state index in [9.17, 15) is 10.2 Å². The average molecular weight is 260 g/mol. The zero-order valence-corrected chi connectivity index (χ0v) is 11.5. The molecule has 0 unspecified atom stereocenters. The second-order valence-corrected chi connectivity index (χ2v) is 4.93. The Morgan fingerprint density at radius 2 is 1.26 bits per heavy atom. The van der Waals surface area contributed by atoms with Crippen molar-refractivity contribution in [1.29, 1.82) is 0 Å². The Morgan fingerprint density at radius 3 is 1.79 bits per heavy atom. The monoisotopic (exact) mass is 260 g/mol. The van der Waals surface area contributed by atoms with Crippen LogP contribution in [0.1, 0.15) is 20.8 Å². The standard InChI is InChI=1S/C12H10O3.C4H10/c13-10-7-6-9(11(14)12(10)15)8-4-2-1-3-5-8;1-4(2)3/h1-7,13-15H;4H,1-3H3. The molecule has 2 aromatic carbocycles. The van der Waals surface area contributed by atoms with Crippen LogP contribution in [0.2, 0.25) is 0 Å². The van der Waals surface area contributed by atoms with Crippen molar-refractivity contribution < 1.29 is 15.3 Å². The Morgan fingerprint density at radius 1 is 0.737 bits per heavy atom. The van der Waals surface area contributed by atoms with Gasteiger partial charge in [-0.05, 0) is 23.6 Å². The predicted molar refractivity (Wildman–Crippen MR) is 77.4 cm³/mol. The largest absolute Gasteiger partial charge is 0.504 e. The summed E-state index contributed by atoms with van der Waals surface area (Å²) in [6.45, 7) is 6.50. The number of hydrogen-bond donors (Lipinski definition) is 3. The van der Waals surface area contributed by atoms with Crippen LogP contribution in [0.4, 0.5) is 0 Å². The van der Waals surface area contributed by atoms with Gasteiger partial charge in [-0.2, -0.15) is 0 Å². The van der Waals surface area contributed by atoms with Crippen LogP contribution in [0.15, 0.2) is 42.5 Å². The maximum atomic E-state index is 9.62. The van der Waals surface area contributed by atoms with Crippen molar-refractivity contribution >= 4 is 0 Å². The van der Waals surface area contributed by atoms with Crippen molar-refractivity contribution in [3.8, 4) is 28.4 Å². The summed E-state index contributed by atoms with van der Waals surface area (Å²) in [5.74, 6) is -0.287. The van der Waals surface area contributed by atoms with Crippen molar-refractivity contribution in [2.45, 2.75) is 20.8 Å². The quantitative estimate of drug-likeness (QED) is 0.675. The van der Waals surface area contributed by atoms with Gasteiger partial charge in [-0.3, -0.25) is 0 Å². The molecular formula is C16H20O3. The van der Waals surface area contributed by atoms with E-state index in [-0.39, 0.29) is 11.5 Å². The van der Waals surface area contributed by atoms with Crippen molar-refractivity contribution in [2.75, 3.05) is 0 Å². The molecule has 0 fully saturated rings. The lowest BCUT2D eigenvalue weighted by molar-refractivity contribution is 0.369. The molecule has 0 amide bonds. The van der Waals surface area contributed by atoms with Gasteiger partial charge in [0.15, 0.2) is 11.5 Å². The molecule has 0 heterocycles. The average Bonchev–Trinajstić information content (AvgIpc) is 2.37. The van der Waals surface area contributed by atoms with Crippen LogP contribution in [0.3, 0.4) is 0 Å². The Bertz CT molecular complexity index is 516. The van der Waals surface area contributed by atoms with E-state index in [1.165, 1.54) is 6.07 Å². The molecule has 0 aliphatic rings. The van der Waals surface area contributed by atoms with Gasteiger partial charge >= 0.3 is 0 Å². The molecule has 0 aliphatic heterocycles. The summed E-state index contributed by atoms with van der Waals surface area (Å²) in [5, 5.41) is 28.1. The molecule has 3 N–H and O–H groups in total. The fraction of sp³-hybridized carbons (Fsp3) is 0.250. The third-order valence-electron chi connectivity index (χ3n) is 2.21. The molecule has 2 rings (SSSR count). The molecule has 0 aromatic heterocycles. The minimum atomic E-state index is -0.489. The van der Waals surface area contributed by atoms with Crippen LogP contribution in [-0.4, -0.2) is 15.3 Å². The van der Waals surface area contributed by atoms with Crippen molar-refractivity contribution in [1.82, 2.24) is 0 Å². The van der Waals surface area contributed by atoms with Crippen molar-refractivity contribution in [2.24, 2.45) is 5.92 Å². The third-order valence-corrected chi connectivity index (χ3v) is 2.21. The topological polar surface area (TPSA) is 60.7 Å². The highest BCUT2D eigenvalue weighted by molar-refractivity contribution is 5.75. The lowest BCUT2D eigenvalue weighted by Crippen LogP contribution is -1.79. The van der Waals surface area contributed by atoms with Gasteiger partial charge in [0.05, 0.1) is 0 Å². The van der Waals surface area contributed by atoms with Crippen LogP contribution in [0.25, 0.3) is 11.1 Å². The van der Waals surface area contributed by atoms with Gasteiger partial charge < -0.3 is 15.3 Å². The Labute approximate surface area is 113 Å². The first-order chi connectivity index (χ1) is 8.93. The first-order valence-corrected chi connectivity index (χ1v) is 6.22. The van der Waals surface area contributed by atoms with Crippen LogP contribution >= 0.6 is 0 Å². The molecule has 0 bridgehead atoms. The van der Waals surface area contributed by atoms with E-state index in [1.54, 1.807) is 6.07 Å². The Hall–Kier alpha value is -2.16. The smallest absolute Gasteiger partial charge is 0.200 e. The van der Waals surface area contributed by atoms with Gasteiger partial charge in [0.2, 0.25) is 5.75 Å². The normalized spacial score (nSPS) is 9.89. The number of phenols is 3. The predicted octanol–water partition coefficient (Wildman–Crippen LogP) is 4.13. The molecule has 2 aromatic rings. The number of phenolic OH excluding ortho intramolecular Hbond substituents is 3. The molecule has 0 saturated heterocycles. The van der Waals surface area contributed by atoms with Crippen LogP contribution < -0.4 is 0 Å². The molecule has 102 valence electrons. The lowest BCUT2D eigenvalue weighted by atomic mass is 10.0. The summed E-state index contributed by atoms with van der Waals surface area (Å²) in [4.78, 5) is 0. The van der Waals surface area contributed by atoms with Crippen LogP contribution in [-0.2, 0) is 0 Å². The van der Waals surface area contributed by atoms with Gasteiger partial charge in [0, 0.05) is 5.56 Å². The van der Waals surface area contributed by atoms with Gasteiger partial charge in [-0.1, -0.05) is 51.1 Å². The number of hydrogen-bond acceptors (Lipinski definition) is 3. The molecular weight excluding hydrogens is 240 g/mol. The highest BCUT2D eigenvalue weighted by Crippen LogP contribution is 2.41. The molecule has 3 heteroatoms. The summed E-state index contributed by atoms with van der Waals surface area (Å²) >= 11 is 0. The van der Waals surface area contributed by atoms with E-state index >= 15 is 0 Å². The first-order valence-electron chi connectivity index (χ1n) is 6.22. The fourth-order valence-corrected chi connectivity index (χ4v) is 1.42. The van der Waals surface area contributed by atoms with E-state index in [1.807, 2.05) is 30.3 Å². The summed E-state index contributed by atoms with van der Waals surface area (Å²) in [6.07, 6.45) is 0. The molecule has 0 spiro atoms. The minimum Gasteiger partial charge on any atom is -0.504 e. The maximum absolute atomic E-state index is 9.62. The molecule has 0 atom stereocenters. The van der Waals surface area contributed by atoms with Crippen LogP contribution in [0, 0.1) is 5.92 Å². The minimum absolute atomic E-state index is 0.304. The Kier molecular flexibility index (Phi) is 5.24. The first kappa shape index (κ1) is 14.9. The van der Waals surface area contributed by atoms with E-state index in [0.29, 0.717) is 5.56 Å². The molecule has 19 heavy (non-hydrogen) atoms. The van der Waals surface area contributed by atoms with Crippen molar-refractivity contribution in [3.63, 3.8) is 0 Å². The zero-order valence-electron chi connectivity index (χ0n) is 11.5. The van der Waals surface area contributed by atoms with Gasteiger partial charge in [0.25, 0.3) is 0 Å². The summed E-state index contributed by atoms with van der Waals surface area (Å²) < 4.78 is 0. The number of rotatable bonds is 1. The molecule has 3 nitrogen and oxygen atoms in total. The van der Waals surface area contributed by atoms with E-state index in [4.69, 9.17) is 5.11 Å². The SMILES string of the molecule is CC(C)C.Oc1ccc(-c2ccccc2)c(O)c1O. The highest BCUT2D eigenvalue weighted by atomic mass is 16.3. The second kappa shape index (κ2) is 6.69.